The molecule has 3 aliphatic rings. The standard InChI is InChI=1S/C24H29ClN4O3S/c1-3-20(30)28-8-10-29(11-9-28)24(26)18-12-19(25)21(16-6-4-5-7-16)23-22(18)27-13-17(14-33-23)32-15-31-2/h3-4,6-7,12,17,26-27H,1,5,8-11,13-15H2,2H3. The van der Waals surface area contributed by atoms with Crippen LogP contribution in [0, 0.1) is 5.41 Å². The molecule has 1 aromatic carbocycles. The number of amides is 1. The van der Waals surface area contributed by atoms with Crippen molar-refractivity contribution in [3.63, 3.8) is 0 Å². The molecule has 9 heteroatoms. The molecule has 1 saturated heterocycles. The minimum absolute atomic E-state index is 0.0300. The number of ether oxygens (including phenoxy) is 2. The van der Waals surface area contributed by atoms with Crippen LogP contribution in [0.4, 0.5) is 5.69 Å². The largest absolute Gasteiger partial charge is 0.381 e. The smallest absolute Gasteiger partial charge is 0.246 e. The van der Waals surface area contributed by atoms with E-state index < -0.39 is 0 Å². The van der Waals surface area contributed by atoms with Gasteiger partial charge in [-0.2, -0.15) is 0 Å². The third-order valence-corrected chi connectivity index (χ3v) is 7.51. The van der Waals surface area contributed by atoms with Crippen LogP contribution in [0.5, 0.6) is 0 Å². The normalized spacial score (nSPS) is 20.1. The van der Waals surface area contributed by atoms with E-state index in [1.807, 2.05) is 11.0 Å². The molecule has 1 atom stereocenters. The number of allylic oxidation sites excluding steroid dienone is 4. The summed E-state index contributed by atoms with van der Waals surface area (Å²) in [4.78, 5) is 16.7. The van der Waals surface area contributed by atoms with Crippen molar-refractivity contribution in [1.82, 2.24) is 9.80 Å². The van der Waals surface area contributed by atoms with E-state index in [0.717, 1.165) is 39.5 Å². The molecular formula is C24H29ClN4O3S. The summed E-state index contributed by atoms with van der Waals surface area (Å²) in [5, 5.41) is 13.2. The lowest BCUT2D eigenvalue weighted by Crippen LogP contribution is -2.50. The first-order chi connectivity index (χ1) is 16.0. The number of hydrogen-bond donors (Lipinski definition) is 2. The summed E-state index contributed by atoms with van der Waals surface area (Å²) in [7, 11) is 1.62. The number of carbonyl (C=O) groups is 1. The number of carbonyl (C=O) groups excluding carboxylic acids is 1. The number of rotatable bonds is 6. The predicted molar refractivity (Wildman–Crippen MR) is 134 cm³/mol. The number of benzene rings is 1. The molecule has 0 saturated carbocycles. The van der Waals surface area contributed by atoms with E-state index in [1.165, 1.54) is 6.08 Å². The number of piperazine rings is 1. The van der Waals surface area contributed by atoms with Crippen molar-refractivity contribution in [1.29, 1.82) is 5.41 Å². The van der Waals surface area contributed by atoms with Crippen molar-refractivity contribution < 1.29 is 14.3 Å². The van der Waals surface area contributed by atoms with Gasteiger partial charge in [0.15, 0.2) is 0 Å². The van der Waals surface area contributed by atoms with Crippen molar-refractivity contribution in [3.05, 3.63) is 53.1 Å². The average molecular weight is 489 g/mol. The number of halogens is 1. The summed E-state index contributed by atoms with van der Waals surface area (Å²) in [6.07, 6.45) is 8.60. The Morgan fingerprint density at radius 1 is 1.36 bits per heavy atom. The SMILES string of the molecule is C=CC(=O)N1CCN(C(=N)c2cc(Cl)c(C3=CCC=C3)c3c2NCC(OCOC)CS3)CC1. The van der Waals surface area contributed by atoms with Gasteiger partial charge in [-0.1, -0.05) is 36.4 Å². The van der Waals surface area contributed by atoms with Crippen LogP contribution in [0.2, 0.25) is 5.02 Å². The maximum absolute atomic E-state index is 11.9. The van der Waals surface area contributed by atoms with Crippen LogP contribution in [0.3, 0.4) is 0 Å². The summed E-state index contributed by atoms with van der Waals surface area (Å²) >= 11 is 8.54. The second-order valence-corrected chi connectivity index (χ2v) is 9.47. The number of fused-ring (bicyclic) bond motifs is 1. The summed E-state index contributed by atoms with van der Waals surface area (Å²) in [6, 6.07) is 1.90. The van der Waals surface area contributed by atoms with Crippen molar-refractivity contribution in [2.24, 2.45) is 0 Å². The number of hydrogen-bond acceptors (Lipinski definition) is 6. The number of thioether (sulfide) groups is 1. The van der Waals surface area contributed by atoms with Crippen LogP contribution >= 0.6 is 23.4 Å². The molecule has 2 aliphatic heterocycles. The minimum Gasteiger partial charge on any atom is -0.381 e. The van der Waals surface area contributed by atoms with Gasteiger partial charge in [-0.15, -0.1) is 11.8 Å². The zero-order valence-electron chi connectivity index (χ0n) is 18.7. The molecule has 2 heterocycles. The number of nitrogens with zero attached hydrogens (tertiary/aromatic N) is 2. The molecule has 1 fully saturated rings. The topological polar surface area (TPSA) is 77.9 Å². The van der Waals surface area contributed by atoms with Gasteiger partial charge >= 0.3 is 0 Å². The second kappa shape index (κ2) is 10.8. The Balaban J connectivity index is 1.65. The molecule has 4 rings (SSSR count). The van der Waals surface area contributed by atoms with E-state index in [0.29, 0.717) is 43.6 Å². The summed E-state index contributed by atoms with van der Waals surface area (Å²) in [6.45, 7) is 6.73. The summed E-state index contributed by atoms with van der Waals surface area (Å²) in [5.41, 5.74) is 3.79. The Kier molecular flexibility index (Phi) is 7.80. The first-order valence-electron chi connectivity index (χ1n) is 11.0. The Hall–Kier alpha value is -2.26. The van der Waals surface area contributed by atoms with Crippen LogP contribution in [0.25, 0.3) is 5.57 Å². The lowest BCUT2D eigenvalue weighted by molar-refractivity contribution is -0.127. The lowest BCUT2D eigenvalue weighted by atomic mass is 10.0. The number of methoxy groups -OCH3 is 1. The molecule has 1 aromatic rings. The number of nitrogens with one attached hydrogen (secondary N) is 2. The molecule has 0 spiro atoms. The first kappa shape index (κ1) is 23.9. The van der Waals surface area contributed by atoms with Gasteiger partial charge in [-0.05, 0) is 24.1 Å². The van der Waals surface area contributed by atoms with Crippen LogP contribution in [0.1, 0.15) is 17.5 Å². The summed E-state index contributed by atoms with van der Waals surface area (Å²) in [5.74, 6) is 1.09. The molecule has 0 radical (unpaired) electrons. The van der Waals surface area contributed by atoms with Gasteiger partial charge in [0.25, 0.3) is 0 Å². The van der Waals surface area contributed by atoms with Gasteiger partial charge < -0.3 is 24.6 Å². The predicted octanol–water partition coefficient (Wildman–Crippen LogP) is 3.85. The van der Waals surface area contributed by atoms with E-state index in [9.17, 15) is 4.79 Å². The van der Waals surface area contributed by atoms with Crippen LogP contribution < -0.4 is 5.32 Å². The second-order valence-electron chi connectivity index (χ2n) is 8.03. The van der Waals surface area contributed by atoms with Gasteiger partial charge in [0.1, 0.15) is 12.6 Å². The highest BCUT2D eigenvalue weighted by Crippen LogP contribution is 2.45. The van der Waals surface area contributed by atoms with E-state index >= 15 is 0 Å². The molecule has 7 nitrogen and oxygen atoms in total. The van der Waals surface area contributed by atoms with E-state index in [4.69, 9.17) is 26.5 Å². The highest BCUT2D eigenvalue weighted by atomic mass is 35.5. The van der Waals surface area contributed by atoms with Crippen molar-refractivity contribution in [3.8, 4) is 0 Å². The Morgan fingerprint density at radius 3 is 2.79 bits per heavy atom. The molecule has 33 heavy (non-hydrogen) atoms. The maximum atomic E-state index is 11.9. The molecule has 1 amide bonds. The third kappa shape index (κ3) is 5.14. The molecular weight excluding hydrogens is 460 g/mol. The highest BCUT2D eigenvalue weighted by molar-refractivity contribution is 7.99. The zero-order chi connectivity index (χ0) is 23.4. The molecule has 1 aliphatic carbocycles. The van der Waals surface area contributed by atoms with Gasteiger partial charge in [-0.25, -0.2) is 0 Å². The monoisotopic (exact) mass is 488 g/mol. The van der Waals surface area contributed by atoms with Crippen molar-refractivity contribution >= 4 is 46.4 Å². The highest BCUT2D eigenvalue weighted by Gasteiger charge is 2.29. The van der Waals surface area contributed by atoms with Gasteiger partial charge in [0, 0.05) is 61.6 Å². The third-order valence-electron chi connectivity index (χ3n) is 5.97. The van der Waals surface area contributed by atoms with Gasteiger partial charge in [0.2, 0.25) is 5.91 Å². The number of amidine groups is 1. The van der Waals surface area contributed by atoms with Crippen molar-refractivity contribution in [2.45, 2.75) is 17.4 Å². The fraction of sp³-hybridized carbons (Fsp3) is 0.417. The Morgan fingerprint density at radius 2 is 2.12 bits per heavy atom. The van der Waals surface area contributed by atoms with E-state index in [1.54, 1.807) is 23.8 Å². The number of anilines is 1. The molecule has 2 N–H and O–H groups in total. The Bertz CT molecular complexity index is 1000. The van der Waals surface area contributed by atoms with E-state index in [-0.39, 0.29) is 18.8 Å². The first-order valence-corrected chi connectivity index (χ1v) is 12.4. The summed E-state index contributed by atoms with van der Waals surface area (Å²) < 4.78 is 10.9. The lowest BCUT2D eigenvalue weighted by Gasteiger charge is -2.36. The fourth-order valence-corrected chi connectivity index (χ4v) is 5.85. The quantitative estimate of drug-likeness (QED) is 0.274. The molecule has 0 bridgehead atoms. The zero-order valence-corrected chi connectivity index (χ0v) is 20.3. The van der Waals surface area contributed by atoms with Gasteiger partial charge in [-0.3, -0.25) is 10.2 Å². The Labute approximate surface area is 203 Å². The molecule has 1 unspecified atom stereocenters. The minimum atomic E-state index is -0.0690. The van der Waals surface area contributed by atoms with Crippen LogP contribution in [-0.2, 0) is 14.3 Å². The van der Waals surface area contributed by atoms with E-state index in [2.05, 4.69) is 30.1 Å². The van der Waals surface area contributed by atoms with Crippen LogP contribution in [-0.4, -0.2) is 80.0 Å². The average Bonchev–Trinajstić information content (AvgIpc) is 3.28. The molecule has 0 aromatic heterocycles. The van der Waals surface area contributed by atoms with Crippen molar-refractivity contribution in [2.75, 3.05) is 57.7 Å². The fourth-order valence-electron chi connectivity index (χ4n) is 4.22. The van der Waals surface area contributed by atoms with Gasteiger partial charge in [0.05, 0.1) is 16.8 Å². The maximum Gasteiger partial charge on any atom is 0.246 e. The van der Waals surface area contributed by atoms with Crippen LogP contribution in [0.15, 0.2) is 41.8 Å². The molecule has 176 valence electrons.